The van der Waals surface area contributed by atoms with Gasteiger partial charge in [0.25, 0.3) is 0 Å². The lowest BCUT2D eigenvalue weighted by molar-refractivity contribution is -0.132. The predicted octanol–water partition coefficient (Wildman–Crippen LogP) is 2.82. The number of piperazine rings is 1. The van der Waals surface area contributed by atoms with Crippen LogP contribution in [-0.2, 0) is 17.6 Å². The summed E-state index contributed by atoms with van der Waals surface area (Å²) in [5.74, 6) is 0.803. The predicted molar refractivity (Wildman–Crippen MR) is 123 cm³/mol. The second-order valence-electron chi connectivity index (χ2n) is 8.24. The number of nitrogens with zero attached hydrogens (tertiary/aromatic N) is 3. The molecule has 1 amide bonds. The molecule has 0 aliphatic carbocycles. The molecule has 7 nitrogen and oxygen atoms in total. The standard InChI is InChI=1S/C25H29N3O4/c1-18-15-25(30)32-23-17-22(31-2)20(16-21(18)23)3-4-24(29)28-13-11-27(12-14-28)10-7-19-5-8-26-9-6-19/h5-6,8-9,15-17H,3-4,7,10-14H2,1-2H3. The number of fused-ring (bicyclic) bond motifs is 1. The number of pyridine rings is 1. The highest BCUT2D eigenvalue weighted by molar-refractivity contribution is 5.83. The van der Waals surface area contributed by atoms with Crippen molar-refractivity contribution in [2.45, 2.75) is 26.2 Å². The minimum Gasteiger partial charge on any atom is -0.496 e. The monoisotopic (exact) mass is 435 g/mol. The maximum atomic E-state index is 12.8. The number of aryl methyl sites for hydroxylation is 2. The van der Waals surface area contributed by atoms with Crippen LogP contribution in [0.2, 0.25) is 0 Å². The number of methoxy groups -OCH3 is 1. The number of aromatic nitrogens is 1. The third-order valence-corrected chi connectivity index (χ3v) is 6.15. The van der Waals surface area contributed by atoms with Crippen molar-refractivity contribution in [1.82, 2.24) is 14.8 Å². The van der Waals surface area contributed by atoms with Crippen molar-refractivity contribution in [1.29, 1.82) is 0 Å². The Balaban J connectivity index is 1.32. The largest absolute Gasteiger partial charge is 0.496 e. The molecule has 0 radical (unpaired) electrons. The van der Waals surface area contributed by atoms with E-state index in [1.165, 1.54) is 11.6 Å². The lowest BCUT2D eigenvalue weighted by Gasteiger charge is -2.34. The van der Waals surface area contributed by atoms with E-state index in [-0.39, 0.29) is 11.5 Å². The average Bonchev–Trinajstić information content (AvgIpc) is 2.81. The molecule has 1 fully saturated rings. The van der Waals surface area contributed by atoms with Gasteiger partial charge in [-0.05, 0) is 54.7 Å². The summed E-state index contributed by atoms with van der Waals surface area (Å²) >= 11 is 0. The lowest BCUT2D eigenvalue weighted by Crippen LogP contribution is -2.49. The molecular weight excluding hydrogens is 406 g/mol. The lowest BCUT2D eigenvalue weighted by atomic mass is 10.0. The van der Waals surface area contributed by atoms with E-state index in [1.807, 2.05) is 30.3 Å². The third-order valence-electron chi connectivity index (χ3n) is 6.15. The van der Waals surface area contributed by atoms with Gasteiger partial charge in [0, 0.05) is 69.1 Å². The maximum absolute atomic E-state index is 12.8. The van der Waals surface area contributed by atoms with Gasteiger partial charge in [0.05, 0.1) is 7.11 Å². The fourth-order valence-electron chi connectivity index (χ4n) is 4.23. The van der Waals surface area contributed by atoms with Gasteiger partial charge >= 0.3 is 5.63 Å². The molecule has 4 rings (SSSR count). The summed E-state index contributed by atoms with van der Waals surface area (Å²) in [7, 11) is 1.59. The summed E-state index contributed by atoms with van der Waals surface area (Å²) in [5.41, 5.74) is 3.22. The normalized spacial score (nSPS) is 14.6. The fourth-order valence-corrected chi connectivity index (χ4v) is 4.23. The minimum absolute atomic E-state index is 0.164. The van der Waals surface area contributed by atoms with E-state index >= 15 is 0 Å². The highest BCUT2D eigenvalue weighted by Gasteiger charge is 2.21. The average molecular weight is 436 g/mol. The van der Waals surface area contributed by atoms with Crippen LogP contribution in [0.3, 0.4) is 0 Å². The number of benzene rings is 1. The van der Waals surface area contributed by atoms with Crippen molar-refractivity contribution < 1.29 is 13.9 Å². The van der Waals surface area contributed by atoms with Crippen LogP contribution < -0.4 is 10.4 Å². The number of rotatable bonds is 7. The van der Waals surface area contributed by atoms with E-state index in [1.54, 1.807) is 13.2 Å². The van der Waals surface area contributed by atoms with Gasteiger partial charge in [0.2, 0.25) is 5.91 Å². The number of hydrogen-bond donors (Lipinski definition) is 0. The molecule has 32 heavy (non-hydrogen) atoms. The van der Waals surface area contributed by atoms with Crippen LogP contribution in [0.15, 0.2) is 51.9 Å². The Bertz CT molecular complexity index is 1140. The van der Waals surface area contributed by atoms with E-state index in [0.29, 0.717) is 24.2 Å². The zero-order chi connectivity index (χ0) is 22.5. The minimum atomic E-state index is -0.375. The van der Waals surface area contributed by atoms with E-state index in [0.717, 1.165) is 55.7 Å². The Morgan fingerprint density at radius 1 is 1.09 bits per heavy atom. The Hall–Kier alpha value is -3.19. The van der Waals surface area contributed by atoms with Gasteiger partial charge in [-0.2, -0.15) is 0 Å². The van der Waals surface area contributed by atoms with Crippen molar-refractivity contribution in [2.24, 2.45) is 0 Å². The highest BCUT2D eigenvalue weighted by Crippen LogP contribution is 2.28. The van der Waals surface area contributed by atoms with Gasteiger partial charge < -0.3 is 14.1 Å². The molecule has 3 aromatic rings. The van der Waals surface area contributed by atoms with Crippen molar-refractivity contribution in [3.05, 3.63) is 69.8 Å². The van der Waals surface area contributed by atoms with Crippen LogP contribution in [0.1, 0.15) is 23.1 Å². The summed E-state index contributed by atoms with van der Waals surface area (Å²) in [6.07, 6.45) is 5.66. The quantitative estimate of drug-likeness (QED) is 0.531. The third kappa shape index (κ3) is 5.16. The van der Waals surface area contributed by atoms with E-state index < -0.39 is 0 Å². The molecule has 168 valence electrons. The molecule has 2 aromatic heterocycles. The van der Waals surface area contributed by atoms with Crippen molar-refractivity contribution in [2.75, 3.05) is 39.8 Å². The van der Waals surface area contributed by atoms with E-state index in [4.69, 9.17) is 9.15 Å². The van der Waals surface area contributed by atoms with E-state index in [2.05, 4.69) is 22.0 Å². The maximum Gasteiger partial charge on any atom is 0.336 e. The summed E-state index contributed by atoms with van der Waals surface area (Å²) < 4.78 is 10.8. The van der Waals surface area contributed by atoms with Crippen LogP contribution in [0.25, 0.3) is 11.0 Å². The van der Waals surface area contributed by atoms with Crippen LogP contribution >= 0.6 is 0 Å². The summed E-state index contributed by atoms with van der Waals surface area (Å²) in [5, 5.41) is 0.871. The van der Waals surface area contributed by atoms with Gasteiger partial charge in [-0.1, -0.05) is 0 Å². The molecular formula is C25H29N3O4. The second kappa shape index (κ2) is 9.96. The topological polar surface area (TPSA) is 75.9 Å². The van der Waals surface area contributed by atoms with Gasteiger partial charge in [0.15, 0.2) is 0 Å². The molecule has 0 bridgehead atoms. The molecule has 1 saturated heterocycles. The Labute approximate surface area is 187 Å². The smallest absolute Gasteiger partial charge is 0.336 e. The molecule has 3 heterocycles. The van der Waals surface area contributed by atoms with Crippen LogP contribution in [0, 0.1) is 6.92 Å². The van der Waals surface area contributed by atoms with Crippen LogP contribution in [0.5, 0.6) is 5.75 Å². The molecule has 7 heteroatoms. The zero-order valence-corrected chi connectivity index (χ0v) is 18.7. The Kier molecular flexibility index (Phi) is 6.85. The fraction of sp³-hybridized carbons (Fsp3) is 0.400. The number of hydrogen-bond acceptors (Lipinski definition) is 6. The number of amides is 1. The highest BCUT2D eigenvalue weighted by atomic mass is 16.5. The Morgan fingerprint density at radius 3 is 2.56 bits per heavy atom. The molecule has 1 aliphatic heterocycles. The van der Waals surface area contributed by atoms with Crippen LogP contribution in [-0.4, -0.2) is 60.5 Å². The van der Waals surface area contributed by atoms with E-state index in [9.17, 15) is 9.59 Å². The molecule has 0 saturated carbocycles. The second-order valence-corrected chi connectivity index (χ2v) is 8.24. The SMILES string of the molecule is COc1cc2oc(=O)cc(C)c2cc1CCC(=O)N1CCN(CCc2ccncc2)CC1. The molecule has 0 atom stereocenters. The molecule has 1 aliphatic rings. The van der Waals surface area contributed by atoms with Gasteiger partial charge in [-0.15, -0.1) is 0 Å². The summed E-state index contributed by atoms with van der Waals surface area (Å²) in [6, 6.07) is 9.30. The first-order valence-corrected chi connectivity index (χ1v) is 11.0. The van der Waals surface area contributed by atoms with Crippen molar-refractivity contribution in [3.63, 3.8) is 0 Å². The Morgan fingerprint density at radius 2 is 1.84 bits per heavy atom. The number of ether oxygens (including phenoxy) is 1. The molecule has 0 N–H and O–H groups in total. The molecule has 1 aromatic carbocycles. The molecule has 0 unspecified atom stereocenters. The first-order valence-electron chi connectivity index (χ1n) is 11.0. The van der Waals surface area contributed by atoms with Gasteiger partial charge in [-0.25, -0.2) is 4.79 Å². The number of carbonyl (C=O) groups is 1. The molecule has 0 spiro atoms. The first-order chi connectivity index (χ1) is 15.5. The van der Waals surface area contributed by atoms with Crippen LogP contribution in [0.4, 0.5) is 0 Å². The first kappa shape index (κ1) is 22.0. The van der Waals surface area contributed by atoms with Crippen molar-refractivity contribution >= 4 is 16.9 Å². The van der Waals surface area contributed by atoms with Crippen molar-refractivity contribution in [3.8, 4) is 5.75 Å². The van der Waals surface area contributed by atoms with Gasteiger partial charge in [0.1, 0.15) is 11.3 Å². The van der Waals surface area contributed by atoms with Gasteiger partial charge in [-0.3, -0.25) is 14.7 Å². The summed E-state index contributed by atoms with van der Waals surface area (Å²) in [4.78, 5) is 32.9. The zero-order valence-electron chi connectivity index (χ0n) is 18.7. The number of carbonyl (C=O) groups excluding carboxylic acids is 1. The summed E-state index contributed by atoms with van der Waals surface area (Å²) in [6.45, 7) is 6.19.